The number of rotatable bonds is 6. The SMILES string of the molecule is CCc1noc(C(C)Sc2nnc(Nc3ccccc3)s2)n1. The third kappa shape index (κ3) is 3.63. The van der Waals surface area contributed by atoms with Crippen LogP contribution in [0.2, 0.25) is 0 Å². The summed E-state index contributed by atoms with van der Waals surface area (Å²) in [5.41, 5.74) is 0.993. The van der Waals surface area contributed by atoms with E-state index >= 15 is 0 Å². The van der Waals surface area contributed by atoms with Crippen molar-refractivity contribution in [2.45, 2.75) is 29.9 Å². The highest BCUT2D eigenvalue weighted by atomic mass is 32.2. The van der Waals surface area contributed by atoms with Gasteiger partial charge in [0.15, 0.2) is 10.2 Å². The molecule has 0 saturated carbocycles. The number of aromatic nitrogens is 4. The predicted octanol–water partition coefficient (Wildman–Crippen LogP) is 4.08. The molecule has 2 aromatic heterocycles. The Morgan fingerprint density at radius 2 is 2.09 bits per heavy atom. The van der Waals surface area contributed by atoms with E-state index in [-0.39, 0.29) is 5.25 Å². The molecule has 0 aliphatic rings. The van der Waals surface area contributed by atoms with Crippen LogP contribution in [0.1, 0.15) is 30.8 Å². The molecule has 3 rings (SSSR count). The van der Waals surface area contributed by atoms with Crippen molar-refractivity contribution >= 4 is 33.9 Å². The van der Waals surface area contributed by atoms with Crippen LogP contribution in [-0.2, 0) is 6.42 Å². The number of aryl methyl sites for hydroxylation is 1. The zero-order valence-electron chi connectivity index (χ0n) is 12.2. The van der Waals surface area contributed by atoms with E-state index in [2.05, 4.69) is 25.7 Å². The quantitative estimate of drug-likeness (QED) is 0.681. The van der Waals surface area contributed by atoms with E-state index in [1.165, 1.54) is 11.3 Å². The van der Waals surface area contributed by atoms with Gasteiger partial charge in [0.2, 0.25) is 11.0 Å². The molecule has 2 heterocycles. The van der Waals surface area contributed by atoms with E-state index in [1.807, 2.05) is 44.2 Å². The first kappa shape index (κ1) is 15.0. The Labute approximate surface area is 136 Å². The van der Waals surface area contributed by atoms with Gasteiger partial charge in [-0.05, 0) is 19.1 Å². The molecule has 0 bridgehead atoms. The Morgan fingerprint density at radius 1 is 1.27 bits per heavy atom. The summed E-state index contributed by atoms with van der Waals surface area (Å²) in [6, 6.07) is 9.90. The van der Waals surface area contributed by atoms with Crippen LogP contribution in [-0.4, -0.2) is 20.3 Å². The Kier molecular flexibility index (Phi) is 4.69. The summed E-state index contributed by atoms with van der Waals surface area (Å²) >= 11 is 3.06. The van der Waals surface area contributed by atoms with Gasteiger partial charge in [0, 0.05) is 12.1 Å². The normalized spacial score (nSPS) is 12.3. The first-order chi connectivity index (χ1) is 10.7. The molecule has 1 aromatic carbocycles. The molecule has 6 nitrogen and oxygen atoms in total. The lowest BCUT2D eigenvalue weighted by Crippen LogP contribution is -1.89. The molecule has 22 heavy (non-hydrogen) atoms. The molecule has 1 atom stereocenters. The number of nitrogens with zero attached hydrogens (tertiary/aromatic N) is 4. The predicted molar refractivity (Wildman–Crippen MR) is 87.6 cm³/mol. The minimum absolute atomic E-state index is 0.0466. The second-order valence-electron chi connectivity index (χ2n) is 4.53. The van der Waals surface area contributed by atoms with Gasteiger partial charge in [-0.15, -0.1) is 10.2 Å². The van der Waals surface area contributed by atoms with Crippen molar-refractivity contribution in [1.29, 1.82) is 0 Å². The maximum atomic E-state index is 5.25. The molecule has 3 aromatic rings. The molecule has 0 saturated heterocycles. The van der Waals surface area contributed by atoms with E-state index in [0.29, 0.717) is 5.89 Å². The minimum Gasteiger partial charge on any atom is -0.338 e. The lowest BCUT2D eigenvalue weighted by Gasteiger charge is -2.01. The highest BCUT2D eigenvalue weighted by molar-refractivity contribution is 8.01. The monoisotopic (exact) mass is 333 g/mol. The average Bonchev–Trinajstić information content (AvgIpc) is 3.17. The molecule has 1 N–H and O–H groups in total. The fourth-order valence-corrected chi connectivity index (χ4v) is 3.68. The number of para-hydroxylation sites is 1. The molecule has 0 aliphatic carbocycles. The molecule has 0 fully saturated rings. The largest absolute Gasteiger partial charge is 0.338 e. The molecular weight excluding hydrogens is 318 g/mol. The highest BCUT2D eigenvalue weighted by Gasteiger charge is 2.17. The lowest BCUT2D eigenvalue weighted by atomic mass is 10.3. The Bertz CT molecular complexity index is 728. The van der Waals surface area contributed by atoms with E-state index in [0.717, 1.165) is 27.4 Å². The Hall–Kier alpha value is -1.93. The fourth-order valence-electron chi connectivity index (χ4n) is 1.73. The summed E-state index contributed by atoms with van der Waals surface area (Å²) in [4.78, 5) is 4.34. The van der Waals surface area contributed by atoms with Crippen LogP contribution in [0.4, 0.5) is 10.8 Å². The van der Waals surface area contributed by atoms with Gasteiger partial charge in [-0.2, -0.15) is 4.98 Å². The van der Waals surface area contributed by atoms with Crippen molar-refractivity contribution in [2.24, 2.45) is 0 Å². The van der Waals surface area contributed by atoms with E-state index in [9.17, 15) is 0 Å². The van der Waals surface area contributed by atoms with Crippen LogP contribution in [0, 0.1) is 0 Å². The van der Waals surface area contributed by atoms with Crippen molar-refractivity contribution in [3.63, 3.8) is 0 Å². The summed E-state index contributed by atoms with van der Waals surface area (Å²) < 4.78 is 6.11. The van der Waals surface area contributed by atoms with Crippen LogP contribution in [0.25, 0.3) is 0 Å². The fraction of sp³-hybridized carbons (Fsp3) is 0.286. The summed E-state index contributed by atoms with van der Waals surface area (Å²) in [7, 11) is 0. The summed E-state index contributed by atoms with van der Waals surface area (Å²) in [5, 5.41) is 16.3. The maximum Gasteiger partial charge on any atom is 0.239 e. The van der Waals surface area contributed by atoms with Crippen LogP contribution < -0.4 is 5.32 Å². The van der Waals surface area contributed by atoms with Gasteiger partial charge in [0.1, 0.15) is 0 Å². The molecule has 1 unspecified atom stereocenters. The number of anilines is 2. The molecular formula is C14H15N5OS2. The van der Waals surface area contributed by atoms with E-state index in [1.54, 1.807) is 11.8 Å². The maximum absolute atomic E-state index is 5.25. The Morgan fingerprint density at radius 3 is 2.82 bits per heavy atom. The topological polar surface area (TPSA) is 76.7 Å². The number of hydrogen-bond acceptors (Lipinski definition) is 8. The van der Waals surface area contributed by atoms with Crippen LogP contribution >= 0.6 is 23.1 Å². The van der Waals surface area contributed by atoms with Crippen molar-refractivity contribution in [3.8, 4) is 0 Å². The van der Waals surface area contributed by atoms with Gasteiger partial charge < -0.3 is 9.84 Å². The van der Waals surface area contributed by atoms with Crippen LogP contribution in [0.15, 0.2) is 39.2 Å². The first-order valence-corrected chi connectivity index (χ1v) is 8.59. The van der Waals surface area contributed by atoms with Crippen LogP contribution in [0.5, 0.6) is 0 Å². The average molecular weight is 333 g/mol. The summed E-state index contributed by atoms with van der Waals surface area (Å²) in [5.74, 6) is 1.35. The highest BCUT2D eigenvalue weighted by Crippen LogP contribution is 2.37. The molecule has 0 radical (unpaired) electrons. The number of benzene rings is 1. The molecule has 0 aliphatic heterocycles. The van der Waals surface area contributed by atoms with Gasteiger partial charge >= 0.3 is 0 Å². The standard InChI is InChI=1S/C14H15N5OS2/c1-3-11-16-12(20-19-11)9(2)21-14-18-17-13(22-14)15-10-7-5-4-6-8-10/h4-9H,3H2,1-2H3,(H,15,17). The van der Waals surface area contributed by atoms with Gasteiger partial charge in [0.25, 0.3) is 0 Å². The number of thioether (sulfide) groups is 1. The van der Waals surface area contributed by atoms with Gasteiger partial charge in [-0.3, -0.25) is 0 Å². The zero-order valence-corrected chi connectivity index (χ0v) is 13.8. The van der Waals surface area contributed by atoms with Crippen molar-refractivity contribution < 1.29 is 4.52 Å². The lowest BCUT2D eigenvalue weighted by molar-refractivity contribution is 0.375. The molecule has 8 heteroatoms. The number of nitrogens with one attached hydrogen (secondary N) is 1. The third-order valence-electron chi connectivity index (χ3n) is 2.86. The second kappa shape index (κ2) is 6.89. The Balaban J connectivity index is 1.63. The first-order valence-electron chi connectivity index (χ1n) is 6.89. The van der Waals surface area contributed by atoms with Crippen molar-refractivity contribution in [3.05, 3.63) is 42.0 Å². The number of hydrogen-bond donors (Lipinski definition) is 1. The third-order valence-corrected chi connectivity index (χ3v) is 4.87. The smallest absolute Gasteiger partial charge is 0.239 e. The van der Waals surface area contributed by atoms with Gasteiger partial charge in [-0.1, -0.05) is 53.4 Å². The summed E-state index contributed by atoms with van der Waals surface area (Å²) in [6.07, 6.45) is 0.769. The van der Waals surface area contributed by atoms with Gasteiger partial charge in [0.05, 0.1) is 5.25 Å². The molecule has 0 amide bonds. The van der Waals surface area contributed by atoms with Crippen molar-refractivity contribution in [2.75, 3.05) is 5.32 Å². The van der Waals surface area contributed by atoms with Crippen molar-refractivity contribution in [1.82, 2.24) is 20.3 Å². The molecule has 0 spiro atoms. The molecule has 114 valence electrons. The van der Waals surface area contributed by atoms with Crippen LogP contribution in [0.3, 0.4) is 0 Å². The summed E-state index contributed by atoms with van der Waals surface area (Å²) in [6.45, 7) is 4.02. The second-order valence-corrected chi connectivity index (χ2v) is 7.09. The zero-order chi connectivity index (χ0) is 15.4. The van der Waals surface area contributed by atoms with E-state index in [4.69, 9.17) is 4.52 Å². The van der Waals surface area contributed by atoms with E-state index < -0.39 is 0 Å². The van der Waals surface area contributed by atoms with Gasteiger partial charge in [-0.25, -0.2) is 0 Å². The minimum atomic E-state index is 0.0466.